The Labute approximate surface area is 160 Å². The number of nitrogens with zero attached hydrogens (tertiary/aromatic N) is 2. The Bertz CT molecular complexity index is 946. The second kappa shape index (κ2) is 6.88. The molecule has 2 saturated carbocycles. The van der Waals surface area contributed by atoms with E-state index in [-0.39, 0.29) is 21.1 Å². The molecule has 1 heterocycles. The van der Waals surface area contributed by atoms with Gasteiger partial charge in [0.1, 0.15) is 0 Å². The van der Waals surface area contributed by atoms with E-state index in [9.17, 15) is 13.2 Å². The molecule has 2 aromatic rings. The third kappa shape index (κ3) is 3.48. The summed E-state index contributed by atoms with van der Waals surface area (Å²) in [5, 5.41) is 10.5. The molecule has 0 unspecified atom stereocenters. The van der Waals surface area contributed by atoms with E-state index in [0.29, 0.717) is 16.9 Å². The maximum atomic E-state index is 12.6. The van der Waals surface area contributed by atoms with Crippen LogP contribution in [0.2, 0.25) is 5.02 Å². The van der Waals surface area contributed by atoms with E-state index in [0.717, 1.165) is 30.6 Å². The van der Waals surface area contributed by atoms with Gasteiger partial charge in [0.05, 0.1) is 10.6 Å². The van der Waals surface area contributed by atoms with Crippen LogP contribution in [0.1, 0.15) is 36.0 Å². The number of carbonyl (C=O) groups excluding carboxylic acids is 1. The van der Waals surface area contributed by atoms with Crippen LogP contribution in [0.5, 0.6) is 0 Å². The van der Waals surface area contributed by atoms with Crippen molar-refractivity contribution in [2.24, 2.45) is 11.8 Å². The molecule has 26 heavy (non-hydrogen) atoms. The van der Waals surface area contributed by atoms with Gasteiger partial charge in [-0.05, 0) is 43.2 Å². The Morgan fingerprint density at radius 3 is 2.69 bits per heavy atom. The Hall–Kier alpha value is -1.55. The highest BCUT2D eigenvalue weighted by Gasteiger charge is 2.41. The fourth-order valence-corrected chi connectivity index (χ4v) is 6.27. The van der Waals surface area contributed by atoms with E-state index in [1.54, 1.807) is 24.3 Å². The summed E-state index contributed by atoms with van der Waals surface area (Å²) in [6.07, 6.45) is 4.26. The van der Waals surface area contributed by atoms with Crippen molar-refractivity contribution in [2.45, 2.75) is 36.1 Å². The smallest absolute Gasteiger partial charge is 0.270 e. The van der Waals surface area contributed by atoms with Gasteiger partial charge in [-0.25, -0.2) is 13.1 Å². The predicted octanol–water partition coefficient (Wildman–Crippen LogP) is 2.91. The van der Waals surface area contributed by atoms with Crippen LogP contribution in [0.25, 0.3) is 0 Å². The lowest BCUT2D eigenvalue weighted by atomic mass is 9.96. The molecule has 2 aliphatic rings. The van der Waals surface area contributed by atoms with E-state index in [2.05, 4.69) is 20.2 Å². The first kappa shape index (κ1) is 17.8. The first-order valence-corrected chi connectivity index (χ1v) is 11.0. The maximum Gasteiger partial charge on any atom is 0.270 e. The number of rotatable bonds is 5. The van der Waals surface area contributed by atoms with E-state index < -0.39 is 15.9 Å². The first-order chi connectivity index (χ1) is 12.4. The number of benzene rings is 1. The molecule has 0 aliphatic heterocycles. The molecular formula is C16H17ClN4O3S2. The van der Waals surface area contributed by atoms with Gasteiger partial charge in [0.25, 0.3) is 15.9 Å². The number of amides is 1. The number of aromatic nitrogens is 2. The normalized spacial score (nSPS) is 24.7. The molecule has 0 saturated heterocycles. The Kier molecular flexibility index (Phi) is 4.72. The molecule has 1 aromatic heterocycles. The Morgan fingerprint density at radius 1 is 1.19 bits per heavy atom. The van der Waals surface area contributed by atoms with E-state index in [4.69, 9.17) is 11.6 Å². The topological polar surface area (TPSA) is 101 Å². The largest absolute Gasteiger partial charge is 0.296 e. The molecule has 0 radical (unpaired) electrons. The number of sulfonamides is 1. The van der Waals surface area contributed by atoms with Crippen molar-refractivity contribution in [2.75, 3.05) is 5.32 Å². The number of hydrogen-bond acceptors (Lipinski definition) is 6. The summed E-state index contributed by atoms with van der Waals surface area (Å²) in [5.74, 6) is 0.589. The van der Waals surface area contributed by atoms with Crippen LogP contribution in [-0.2, 0) is 10.0 Å². The molecule has 2 aliphatic carbocycles. The van der Waals surface area contributed by atoms with Gasteiger partial charge in [-0.15, -0.1) is 10.2 Å². The van der Waals surface area contributed by atoms with Crippen LogP contribution in [0, 0.1) is 11.8 Å². The third-order valence-corrected chi connectivity index (χ3v) is 8.05. The maximum absolute atomic E-state index is 12.6. The summed E-state index contributed by atoms with van der Waals surface area (Å²) < 4.78 is 27.7. The van der Waals surface area contributed by atoms with Crippen molar-refractivity contribution >= 4 is 44.0 Å². The van der Waals surface area contributed by atoms with Crippen LogP contribution in [0.3, 0.4) is 0 Å². The highest BCUT2D eigenvalue weighted by Crippen LogP contribution is 2.44. The van der Waals surface area contributed by atoms with Crippen LogP contribution in [-0.4, -0.2) is 30.6 Å². The molecule has 0 spiro atoms. The summed E-state index contributed by atoms with van der Waals surface area (Å²) in [6.45, 7) is 0. The number of hydrogen-bond donors (Lipinski definition) is 2. The van der Waals surface area contributed by atoms with Gasteiger partial charge in [0.15, 0.2) is 0 Å². The summed E-state index contributed by atoms with van der Waals surface area (Å²) in [4.78, 5) is 12.2. The molecular weight excluding hydrogens is 396 g/mol. The van der Waals surface area contributed by atoms with E-state index in [1.165, 1.54) is 6.42 Å². The lowest BCUT2D eigenvalue weighted by Crippen LogP contribution is -2.38. The standard InChI is InChI=1S/C16H17ClN4O3S2/c17-12-4-2-1-3-11(12)14(22)18-15-19-20-16(25-15)26(23,24)21-13-8-9-5-6-10(13)7-9/h1-4,9-10,13,21H,5-8H2,(H,18,19,22)/t9-,10+,13+/m0/s1. The van der Waals surface area contributed by atoms with E-state index in [1.807, 2.05) is 0 Å². The zero-order valence-electron chi connectivity index (χ0n) is 13.7. The molecule has 2 fully saturated rings. The zero-order valence-corrected chi connectivity index (χ0v) is 16.1. The van der Waals surface area contributed by atoms with Crippen molar-refractivity contribution in [3.05, 3.63) is 34.9 Å². The van der Waals surface area contributed by atoms with Crippen LogP contribution in [0.15, 0.2) is 28.6 Å². The molecule has 2 N–H and O–H groups in total. The first-order valence-electron chi connectivity index (χ1n) is 8.34. The minimum Gasteiger partial charge on any atom is -0.296 e. The summed E-state index contributed by atoms with van der Waals surface area (Å²) >= 11 is 6.81. The molecule has 7 nitrogen and oxygen atoms in total. The molecule has 2 bridgehead atoms. The zero-order chi connectivity index (χ0) is 18.3. The third-order valence-electron chi connectivity index (χ3n) is 5.02. The second-order valence-corrected chi connectivity index (χ2v) is 9.98. The Balaban J connectivity index is 1.45. The van der Waals surface area contributed by atoms with Gasteiger partial charge in [-0.1, -0.05) is 41.5 Å². The van der Waals surface area contributed by atoms with Gasteiger partial charge in [-0.2, -0.15) is 0 Å². The number of carbonyl (C=O) groups is 1. The molecule has 4 rings (SSSR count). The van der Waals surface area contributed by atoms with Gasteiger partial charge in [0, 0.05) is 6.04 Å². The highest BCUT2D eigenvalue weighted by atomic mass is 35.5. The SMILES string of the molecule is O=C(Nc1nnc(S(=O)(=O)N[C@@H]2C[C@H]3CC[C@@H]2C3)s1)c1ccccc1Cl. The molecule has 1 aromatic carbocycles. The number of halogens is 1. The lowest BCUT2D eigenvalue weighted by molar-refractivity contribution is 0.102. The summed E-state index contributed by atoms with van der Waals surface area (Å²) in [6, 6.07) is 6.56. The van der Waals surface area contributed by atoms with Crippen molar-refractivity contribution in [3.63, 3.8) is 0 Å². The van der Waals surface area contributed by atoms with Crippen LogP contribution in [0.4, 0.5) is 5.13 Å². The van der Waals surface area contributed by atoms with Crippen molar-refractivity contribution in [3.8, 4) is 0 Å². The second-order valence-electron chi connectivity index (χ2n) is 6.71. The minimum absolute atomic E-state index is 0.0242. The molecule has 138 valence electrons. The van der Waals surface area contributed by atoms with Crippen molar-refractivity contribution in [1.29, 1.82) is 0 Å². The minimum atomic E-state index is -3.74. The lowest BCUT2D eigenvalue weighted by Gasteiger charge is -2.21. The fourth-order valence-electron chi connectivity index (χ4n) is 3.82. The Morgan fingerprint density at radius 2 is 2.00 bits per heavy atom. The molecule has 3 atom stereocenters. The number of fused-ring (bicyclic) bond motifs is 2. The highest BCUT2D eigenvalue weighted by molar-refractivity contribution is 7.91. The van der Waals surface area contributed by atoms with Crippen molar-refractivity contribution < 1.29 is 13.2 Å². The van der Waals surface area contributed by atoms with Gasteiger partial charge in [0.2, 0.25) is 9.47 Å². The predicted molar refractivity (Wildman–Crippen MR) is 98.9 cm³/mol. The monoisotopic (exact) mass is 412 g/mol. The number of nitrogens with one attached hydrogen (secondary N) is 2. The molecule has 1 amide bonds. The average Bonchev–Trinajstić information content (AvgIpc) is 3.31. The van der Waals surface area contributed by atoms with Crippen LogP contribution < -0.4 is 10.0 Å². The van der Waals surface area contributed by atoms with Gasteiger partial charge < -0.3 is 0 Å². The fraction of sp³-hybridized carbons (Fsp3) is 0.438. The van der Waals surface area contributed by atoms with Gasteiger partial charge >= 0.3 is 0 Å². The quantitative estimate of drug-likeness (QED) is 0.735. The van der Waals surface area contributed by atoms with Gasteiger partial charge in [-0.3, -0.25) is 10.1 Å². The van der Waals surface area contributed by atoms with Crippen LogP contribution >= 0.6 is 22.9 Å². The average molecular weight is 413 g/mol. The summed E-state index contributed by atoms with van der Waals surface area (Å²) in [7, 11) is -3.74. The molecule has 10 heteroatoms. The summed E-state index contributed by atoms with van der Waals surface area (Å²) in [5.41, 5.74) is 0.286. The van der Waals surface area contributed by atoms with E-state index >= 15 is 0 Å². The van der Waals surface area contributed by atoms with Crippen molar-refractivity contribution in [1.82, 2.24) is 14.9 Å². The number of anilines is 1.